The van der Waals surface area contributed by atoms with Crippen molar-refractivity contribution in [3.05, 3.63) is 18.2 Å². The van der Waals surface area contributed by atoms with E-state index >= 15 is 0 Å². The molecule has 19 heavy (non-hydrogen) atoms. The largest absolute Gasteiger partial charge is 0.425 e. The number of methoxy groups -OCH3 is 1. The van der Waals surface area contributed by atoms with Crippen LogP contribution in [0.2, 0.25) is 0 Å². The summed E-state index contributed by atoms with van der Waals surface area (Å²) in [5.41, 5.74) is 0.473. The van der Waals surface area contributed by atoms with Gasteiger partial charge in [-0.15, -0.1) is 11.3 Å². The minimum atomic E-state index is -3.83. The first-order valence-electron chi connectivity index (χ1n) is 5.03. The molecule has 0 radical (unpaired) electrons. The van der Waals surface area contributed by atoms with Gasteiger partial charge in [0.1, 0.15) is 12.4 Å². The van der Waals surface area contributed by atoms with E-state index in [-0.39, 0.29) is 10.9 Å². The Labute approximate surface area is 113 Å². The third-order valence-corrected chi connectivity index (χ3v) is 4.42. The highest BCUT2D eigenvalue weighted by Crippen LogP contribution is 2.28. The van der Waals surface area contributed by atoms with Gasteiger partial charge in [-0.25, -0.2) is 23.3 Å². The van der Waals surface area contributed by atoms with Crippen LogP contribution in [0.15, 0.2) is 22.5 Å². The number of aromatic nitrogens is 1. The average Bonchev–Trinajstić information content (AvgIpc) is 2.71. The third-order valence-electron chi connectivity index (χ3n) is 2.08. The van der Waals surface area contributed by atoms with Crippen molar-refractivity contribution in [1.82, 2.24) is 4.98 Å². The summed E-state index contributed by atoms with van der Waals surface area (Å²) in [7, 11) is -2.45. The molecule has 0 aliphatic rings. The Morgan fingerprint density at radius 1 is 1.47 bits per heavy atom. The standard InChI is InChI=1S/C10H10N2O5S2/c1-16-5-9(13)17-6-2-3-7-8(4-6)18-10(12-7)19(11,14)15/h2-4H,5H2,1H3,(H2,11,14,15). The monoisotopic (exact) mass is 302 g/mol. The minimum Gasteiger partial charge on any atom is -0.425 e. The highest BCUT2D eigenvalue weighted by molar-refractivity contribution is 7.91. The topological polar surface area (TPSA) is 109 Å². The van der Waals surface area contributed by atoms with Crippen molar-refractivity contribution >= 4 is 37.5 Å². The number of sulfonamides is 1. The number of carbonyl (C=O) groups is 1. The van der Waals surface area contributed by atoms with Crippen LogP contribution in [-0.2, 0) is 19.6 Å². The van der Waals surface area contributed by atoms with Crippen molar-refractivity contribution < 1.29 is 22.7 Å². The van der Waals surface area contributed by atoms with Gasteiger partial charge >= 0.3 is 5.97 Å². The maximum atomic E-state index is 11.2. The van der Waals surface area contributed by atoms with Crippen molar-refractivity contribution in [2.45, 2.75) is 4.34 Å². The van der Waals surface area contributed by atoms with Gasteiger partial charge < -0.3 is 9.47 Å². The summed E-state index contributed by atoms with van der Waals surface area (Å²) in [6.45, 7) is -0.164. The second kappa shape index (κ2) is 5.21. The molecule has 1 heterocycles. The number of thiazole rings is 1. The van der Waals surface area contributed by atoms with Crippen molar-refractivity contribution in [3.8, 4) is 5.75 Å². The van der Waals surface area contributed by atoms with Gasteiger partial charge in [0.05, 0.1) is 10.2 Å². The molecule has 0 fully saturated rings. The van der Waals surface area contributed by atoms with Crippen LogP contribution < -0.4 is 9.88 Å². The second-order valence-electron chi connectivity index (χ2n) is 3.56. The third kappa shape index (κ3) is 3.26. The van der Waals surface area contributed by atoms with E-state index in [4.69, 9.17) is 9.88 Å². The van der Waals surface area contributed by atoms with Gasteiger partial charge in [0.25, 0.3) is 10.0 Å². The lowest BCUT2D eigenvalue weighted by Gasteiger charge is -2.02. The van der Waals surface area contributed by atoms with Crippen LogP contribution in [-0.4, -0.2) is 33.1 Å². The van der Waals surface area contributed by atoms with Gasteiger partial charge in [-0.3, -0.25) is 0 Å². The van der Waals surface area contributed by atoms with Crippen LogP contribution in [0, 0.1) is 0 Å². The molecule has 1 aromatic carbocycles. The number of fused-ring (bicyclic) bond motifs is 1. The Morgan fingerprint density at radius 2 is 2.21 bits per heavy atom. The summed E-state index contributed by atoms with van der Waals surface area (Å²) in [5, 5.41) is 5.00. The molecule has 0 saturated carbocycles. The van der Waals surface area contributed by atoms with Gasteiger partial charge in [0.2, 0.25) is 4.34 Å². The number of esters is 1. The summed E-state index contributed by atoms with van der Waals surface area (Å²) < 4.78 is 32.4. The highest BCUT2D eigenvalue weighted by Gasteiger charge is 2.15. The Bertz CT molecular complexity index is 723. The molecule has 0 aliphatic heterocycles. The number of rotatable bonds is 4. The SMILES string of the molecule is COCC(=O)Oc1ccc2nc(S(N)(=O)=O)sc2c1. The smallest absolute Gasteiger partial charge is 0.337 e. The van der Waals surface area contributed by atoms with E-state index in [1.54, 1.807) is 6.07 Å². The second-order valence-corrected chi connectivity index (χ2v) is 6.33. The van der Waals surface area contributed by atoms with Crippen molar-refractivity contribution in [3.63, 3.8) is 0 Å². The van der Waals surface area contributed by atoms with Crippen LogP contribution in [0.5, 0.6) is 5.75 Å². The predicted molar refractivity (Wildman–Crippen MR) is 68.5 cm³/mol. The number of hydrogen-bond acceptors (Lipinski definition) is 7. The molecule has 2 N–H and O–H groups in total. The van der Waals surface area contributed by atoms with Crippen LogP contribution in [0.4, 0.5) is 0 Å². The Balaban J connectivity index is 2.33. The summed E-state index contributed by atoms with van der Waals surface area (Å²) >= 11 is 0.912. The van der Waals surface area contributed by atoms with Crippen molar-refractivity contribution in [1.29, 1.82) is 0 Å². The number of primary sulfonamides is 1. The molecule has 2 aromatic rings. The Morgan fingerprint density at radius 3 is 2.84 bits per heavy atom. The van der Waals surface area contributed by atoms with Crippen LogP contribution in [0.1, 0.15) is 0 Å². The first-order chi connectivity index (χ1) is 8.90. The molecule has 1 aromatic heterocycles. The van der Waals surface area contributed by atoms with E-state index in [9.17, 15) is 13.2 Å². The van der Waals surface area contributed by atoms with Gasteiger partial charge in [-0.1, -0.05) is 0 Å². The van der Waals surface area contributed by atoms with E-state index in [1.165, 1.54) is 19.2 Å². The zero-order valence-electron chi connectivity index (χ0n) is 9.82. The maximum absolute atomic E-state index is 11.2. The molecule has 0 unspecified atom stereocenters. The molecule has 0 atom stereocenters. The summed E-state index contributed by atoms with van der Waals surface area (Å²) in [6.07, 6.45) is 0. The Hall–Kier alpha value is -1.55. The van der Waals surface area contributed by atoms with Gasteiger partial charge in [0, 0.05) is 13.2 Å². The maximum Gasteiger partial charge on any atom is 0.337 e. The molecule has 0 saturated heterocycles. The van der Waals surface area contributed by atoms with Crippen LogP contribution in [0.25, 0.3) is 10.2 Å². The molecule has 0 aliphatic carbocycles. The minimum absolute atomic E-state index is 0.164. The molecule has 102 valence electrons. The molecule has 0 spiro atoms. The number of ether oxygens (including phenoxy) is 2. The first kappa shape index (κ1) is 13.9. The average molecular weight is 302 g/mol. The lowest BCUT2D eigenvalue weighted by atomic mass is 10.3. The van der Waals surface area contributed by atoms with Crippen LogP contribution in [0.3, 0.4) is 0 Å². The van der Waals surface area contributed by atoms with Crippen molar-refractivity contribution in [2.24, 2.45) is 5.14 Å². The molecular formula is C10H10N2O5S2. The normalized spacial score (nSPS) is 11.7. The van der Waals surface area contributed by atoms with Gasteiger partial charge in [0.15, 0.2) is 0 Å². The fraction of sp³-hybridized carbons (Fsp3) is 0.200. The summed E-state index contributed by atoms with van der Waals surface area (Å²) in [6, 6.07) is 4.59. The quantitative estimate of drug-likeness (QED) is 0.650. The summed E-state index contributed by atoms with van der Waals surface area (Å²) in [4.78, 5) is 15.1. The van der Waals surface area contributed by atoms with Gasteiger partial charge in [-0.2, -0.15) is 0 Å². The zero-order valence-corrected chi connectivity index (χ0v) is 11.5. The molecular weight excluding hydrogens is 292 g/mol. The molecule has 0 bridgehead atoms. The summed E-state index contributed by atoms with van der Waals surface area (Å²) in [5.74, 6) is -0.253. The first-order valence-corrected chi connectivity index (χ1v) is 7.39. The number of hydrogen-bond donors (Lipinski definition) is 1. The lowest BCUT2D eigenvalue weighted by molar-refractivity contribution is -0.138. The highest BCUT2D eigenvalue weighted by atomic mass is 32.2. The van der Waals surface area contributed by atoms with Crippen molar-refractivity contribution in [2.75, 3.05) is 13.7 Å². The predicted octanol–water partition coefficient (Wildman–Crippen LogP) is 0.496. The molecule has 2 rings (SSSR count). The van der Waals surface area contributed by atoms with E-state index in [0.29, 0.717) is 16.0 Å². The number of carbonyl (C=O) groups excluding carboxylic acids is 1. The zero-order chi connectivity index (χ0) is 14.0. The van der Waals surface area contributed by atoms with Gasteiger partial charge in [-0.05, 0) is 12.1 Å². The van der Waals surface area contributed by atoms with Crippen LogP contribution >= 0.6 is 11.3 Å². The molecule has 9 heteroatoms. The molecule has 0 amide bonds. The fourth-order valence-electron chi connectivity index (χ4n) is 1.35. The van der Waals surface area contributed by atoms with E-state index in [2.05, 4.69) is 9.72 Å². The van der Waals surface area contributed by atoms with E-state index < -0.39 is 16.0 Å². The van der Waals surface area contributed by atoms with E-state index in [1.807, 2.05) is 0 Å². The molecule has 7 nitrogen and oxygen atoms in total. The fourth-order valence-corrected chi connectivity index (χ4v) is 3.03. The Kier molecular flexibility index (Phi) is 3.80. The number of benzene rings is 1. The van der Waals surface area contributed by atoms with E-state index in [0.717, 1.165) is 11.3 Å². The number of nitrogens with zero attached hydrogens (tertiary/aromatic N) is 1. The lowest BCUT2D eigenvalue weighted by Crippen LogP contribution is -2.13. The number of nitrogens with two attached hydrogens (primary N) is 1.